The lowest BCUT2D eigenvalue weighted by Crippen LogP contribution is -2.27. The molecule has 1 atom stereocenters. The number of aromatic carboxylic acids is 1. The van der Waals surface area contributed by atoms with Crippen molar-refractivity contribution in [2.24, 2.45) is 0 Å². The van der Waals surface area contributed by atoms with E-state index >= 15 is 0 Å². The number of aliphatic hydroxyl groups excluding tert-OH is 1. The summed E-state index contributed by atoms with van der Waals surface area (Å²) in [6.45, 7) is 3.22. The minimum Gasteiger partial charge on any atom is -0.478 e. The quantitative estimate of drug-likeness (QED) is 0.708. The van der Waals surface area contributed by atoms with Crippen molar-refractivity contribution in [3.8, 4) is 0 Å². The average Bonchev–Trinajstić information content (AvgIpc) is 2.31. The zero-order valence-corrected chi connectivity index (χ0v) is 13.5. The smallest absolute Gasteiger partial charge is 0.335 e. The molecule has 0 aliphatic rings. The number of rotatable bonds is 6. The molecule has 0 spiro atoms. The Balaban J connectivity index is 3.14. The predicted octanol–water partition coefficient (Wildman–Crippen LogP) is 1.50. The molecule has 1 rings (SSSR count). The van der Waals surface area contributed by atoms with Crippen LogP contribution in [0.1, 0.15) is 29.3 Å². The molecule has 0 amide bonds. The van der Waals surface area contributed by atoms with Crippen LogP contribution >= 0.6 is 15.9 Å². The van der Waals surface area contributed by atoms with Crippen molar-refractivity contribution in [2.45, 2.75) is 31.3 Å². The highest BCUT2D eigenvalue weighted by Crippen LogP contribution is 2.25. The van der Waals surface area contributed by atoms with E-state index in [4.69, 9.17) is 10.2 Å². The van der Waals surface area contributed by atoms with Crippen molar-refractivity contribution in [2.75, 3.05) is 6.54 Å². The molecule has 6 nitrogen and oxygen atoms in total. The highest BCUT2D eigenvalue weighted by Gasteiger charge is 2.21. The Morgan fingerprint density at radius 1 is 1.45 bits per heavy atom. The third kappa shape index (κ3) is 4.27. The van der Waals surface area contributed by atoms with E-state index in [0.717, 1.165) is 6.07 Å². The van der Waals surface area contributed by atoms with Crippen molar-refractivity contribution in [1.29, 1.82) is 0 Å². The second-order valence-corrected chi connectivity index (χ2v) is 7.01. The Kier molecular flexibility index (Phi) is 5.69. The molecule has 0 fully saturated rings. The molecule has 1 aromatic rings. The van der Waals surface area contributed by atoms with Crippen LogP contribution in [0.2, 0.25) is 0 Å². The fourth-order valence-corrected chi connectivity index (χ4v) is 3.46. The van der Waals surface area contributed by atoms with Crippen LogP contribution < -0.4 is 4.72 Å². The van der Waals surface area contributed by atoms with Crippen LogP contribution in [0.3, 0.4) is 0 Å². The second kappa shape index (κ2) is 6.66. The number of nitrogens with one attached hydrogen (secondary N) is 1. The van der Waals surface area contributed by atoms with Gasteiger partial charge in [-0.2, -0.15) is 0 Å². The summed E-state index contributed by atoms with van der Waals surface area (Å²) in [5.41, 5.74) is 0.318. The number of sulfonamides is 1. The Morgan fingerprint density at radius 2 is 2.05 bits per heavy atom. The van der Waals surface area contributed by atoms with Crippen molar-refractivity contribution in [1.82, 2.24) is 4.72 Å². The number of hydrogen-bond acceptors (Lipinski definition) is 4. The molecule has 1 unspecified atom stereocenters. The molecule has 3 N–H and O–H groups in total. The van der Waals surface area contributed by atoms with Crippen molar-refractivity contribution in [3.05, 3.63) is 27.7 Å². The van der Waals surface area contributed by atoms with Crippen molar-refractivity contribution in [3.63, 3.8) is 0 Å². The van der Waals surface area contributed by atoms with Crippen LogP contribution in [-0.2, 0) is 10.0 Å². The lowest BCUT2D eigenvalue weighted by Gasteiger charge is -2.12. The summed E-state index contributed by atoms with van der Waals surface area (Å²) in [7, 11) is -3.82. The highest BCUT2D eigenvalue weighted by atomic mass is 79.9. The number of carbonyl (C=O) groups is 1. The fourth-order valence-electron chi connectivity index (χ4n) is 1.54. The Bertz CT molecular complexity index is 613. The van der Waals surface area contributed by atoms with Gasteiger partial charge >= 0.3 is 5.97 Å². The molecule has 0 saturated heterocycles. The first kappa shape index (κ1) is 17.1. The van der Waals surface area contributed by atoms with Gasteiger partial charge in [-0.25, -0.2) is 17.9 Å². The Morgan fingerprint density at radius 3 is 2.55 bits per heavy atom. The van der Waals surface area contributed by atoms with Crippen LogP contribution in [0.5, 0.6) is 0 Å². The first-order chi connectivity index (χ1) is 9.15. The van der Waals surface area contributed by atoms with Crippen LogP contribution in [0, 0.1) is 6.92 Å². The topological polar surface area (TPSA) is 104 Å². The molecule has 0 aliphatic heterocycles. The lowest BCUT2D eigenvalue weighted by molar-refractivity contribution is 0.0696. The average molecular weight is 366 g/mol. The summed E-state index contributed by atoms with van der Waals surface area (Å²) in [6, 6.07) is 2.47. The van der Waals surface area contributed by atoms with Crippen molar-refractivity contribution < 1.29 is 23.4 Å². The molecular weight excluding hydrogens is 350 g/mol. The highest BCUT2D eigenvalue weighted by molar-refractivity contribution is 9.10. The van der Waals surface area contributed by atoms with Crippen LogP contribution in [0.4, 0.5) is 0 Å². The Hall–Kier alpha value is -0.960. The van der Waals surface area contributed by atoms with E-state index in [9.17, 15) is 13.2 Å². The van der Waals surface area contributed by atoms with Crippen LogP contribution in [0.25, 0.3) is 0 Å². The van der Waals surface area contributed by atoms with Gasteiger partial charge < -0.3 is 10.2 Å². The minimum atomic E-state index is -3.82. The molecule has 20 heavy (non-hydrogen) atoms. The molecule has 0 radical (unpaired) electrons. The van der Waals surface area contributed by atoms with Crippen LogP contribution in [-0.4, -0.2) is 37.2 Å². The molecule has 0 aliphatic carbocycles. The number of aliphatic hydroxyl groups is 1. The Labute approximate surface area is 126 Å². The zero-order chi connectivity index (χ0) is 15.5. The van der Waals surface area contributed by atoms with Gasteiger partial charge in [-0.1, -0.05) is 15.9 Å². The van der Waals surface area contributed by atoms with Crippen LogP contribution in [0.15, 0.2) is 21.5 Å². The third-order valence-electron chi connectivity index (χ3n) is 2.69. The molecular formula is C12H16BrNO5S. The van der Waals surface area contributed by atoms with Gasteiger partial charge in [-0.3, -0.25) is 0 Å². The van der Waals surface area contributed by atoms with Gasteiger partial charge in [0.05, 0.1) is 16.6 Å². The molecule has 0 aromatic heterocycles. The van der Waals surface area contributed by atoms with Crippen molar-refractivity contribution >= 4 is 31.9 Å². The summed E-state index contributed by atoms with van der Waals surface area (Å²) in [6.07, 6.45) is -0.339. The fraction of sp³-hybridized carbons (Fsp3) is 0.417. The van der Waals surface area contributed by atoms with E-state index in [1.807, 2.05) is 0 Å². The third-order valence-corrected chi connectivity index (χ3v) is 5.10. The molecule has 1 aromatic carbocycles. The lowest BCUT2D eigenvalue weighted by atomic mass is 10.1. The summed E-state index contributed by atoms with van der Waals surface area (Å²) in [5, 5.41) is 18.1. The molecule has 8 heteroatoms. The van der Waals surface area contributed by atoms with Gasteiger partial charge in [0.2, 0.25) is 10.0 Å². The van der Waals surface area contributed by atoms with E-state index in [0.29, 0.717) is 10.0 Å². The number of hydrogen-bond donors (Lipinski definition) is 3. The van der Waals surface area contributed by atoms with Gasteiger partial charge in [0.25, 0.3) is 0 Å². The molecule has 0 bridgehead atoms. The maximum Gasteiger partial charge on any atom is 0.335 e. The van der Waals surface area contributed by atoms with E-state index in [1.165, 1.54) is 6.07 Å². The summed E-state index contributed by atoms with van der Waals surface area (Å²) < 4.78 is 27.1. The van der Waals surface area contributed by atoms with E-state index in [1.54, 1.807) is 13.8 Å². The van der Waals surface area contributed by atoms with Gasteiger partial charge in [0.15, 0.2) is 0 Å². The number of halogens is 1. The van der Waals surface area contributed by atoms with E-state index < -0.39 is 22.1 Å². The maximum atomic E-state index is 12.2. The maximum absolute atomic E-state index is 12.2. The summed E-state index contributed by atoms with van der Waals surface area (Å²) in [5.74, 6) is -1.20. The first-order valence-corrected chi connectivity index (χ1v) is 8.14. The molecule has 112 valence electrons. The number of benzene rings is 1. The molecule has 0 saturated carbocycles. The SMILES string of the molecule is Cc1c(Br)cc(C(=O)O)cc1S(=O)(=O)NCCC(C)O. The number of carboxylic acid groups (broad SMARTS) is 1. The predicted molar refractivity (Wildman–Crippen MR) is 77.3 cm³/mol. The van der Waals surface area contributed by atoms with Gasteiger partial charge in [0, 0.05) is 11.0 Å². The standard InChI is InChI=1S/C12H16BrNO5S/c1-7(15)3-4-14-20(18,19)11-6-9(12(16)17)5-10(13)8(11)2/h5-7,14-15H,3-4H2,1-2H3,(H,16,17). The number of carboxylic acids is 1. The van der Waals surface area contributed by atoms with Gasteiger partial charge in [-0.15, -0.1) is 0 Å². The largest absolute Gasteiger partial charge is 0.478 e. The first-order valence-electron chi connectivity index (χ1n) is 5.86. The summed E-state index contributed by atoms with van der Waals surface area (Å²) in [4.78, 5) is 10.9. The van der Waals surface area contributed by atoms with Gasteiger partial charge in [-0.05, 0) is 38.0 Å². The normalized spacial score (nSPS) is 13.2. The van der Waals surface area contributed by atoms with Gasteiger partial charge in [0.1, 0.15) is 0 Å². The summed E-state index contributed by atoms with van der Waals surface area (Å²) >= 11 is 3.15. The van der Waals surface area contributed by atoms with E-state index in [2.05, 4.69) is 20.7 Å². The van der Waals surface area contributed by atoms with E-state index in [-0.39, 0.29) is 23.4 Å². The minimum absolute atomic E-state index is 0.0777. The second-order valence-electron chi connectivity index (χ2n) is 4.42. The zero-order valence-electron chi connectivity index (χ0n) is 11.1. The monoisotopic (exact) mass is 365 g/mol. The molecule has 0 heterocycles.